The van der Waals surface area contributed by atoms with Crippen LogP contribution in [0.25, 0.3) is 28.2 Å². The number of hydrogen-bond acceptors (Lipinski definition) is 3. The molecule has 128 valence electrons. The summed E-state index contributed by atoms with van der Waals surface area (Å²) in [5, 5.41) is 0. The molecule has 0 atom stereocenters. The number of nitrogens with zero attached hydrogens (tertiary/aromatic N) is 5. The van der Waals surface area contributed by atoms with Crippen LogP contribution in [0.4, 0.5) is 0 Å². The number of aryl methyl sites for hydroxylation is 3. The van der Waals surface area contributed by atoms with E-state index >= 15 is 0 Å². The zero-order valence-electron chi connectivity index (χ0n) is 14.6. The molecule has 0 aliphatic carbocycles. The number of aromatic nitrogens is 5. The maximum Gasteiger partial charge on any atom is 0.332 e. The van der Waals surface area contributed by atoms with Crippen molar-refractivity contribution in [2.24, 2.45) is 14.1 Å². The summed E-state index contributed by atoms with van der Waals surface area (Å²) in [6, 6.07) is 8.25. The fourth-order valence-corrected chi connectivity index (χ4v) is 3.28. The van der Waals surface area contributed by atoms with E-state index in [1.807, 2.05) is 20.0 Å². The van der Waals surface area contributed by atoms with E-state index in [9.17, 15) is 9.59 Å². The van der Waals surface area contributed by atoms with E-state index in [4.69, 9.17) is 0 Å². The molecule has 0 unspecified atom stereocenters. The molecule has 3 aromatic heterocycles. The molecule has 25 heavy (non-hydrogen) atoms. The van der Waals surface area contributed by atoms with Gasteiger partial charge in [-0.15, -0.1) is 0 Å². The van der Waals surface area contributed by atoms with Gasteiger partial charge in [-0.05, 0) is 19.4 Å². The number of hydrogen-bond donors (Lipinski definition) is 0. The van der Waals surface area contributed by atoms with E-state index in [-0.39, 0.29) is 11.2 Å². The minimum absolute atomic E-state index is 0.339. The van der Waals surface area contributed by atoms with Gasteiger partial charge in [0.2, 0.25) is 5.78 Å². The summed E-state index contributed by atoms with van der Waals surface area (Å²) in [6.45, 7) is 4.79. The Hall–Kier alpha value is -3.09. The van der Waals surface area contributed by atoms with Gasteiger partial charge in [0, 0.05) is 26.8 Å². The lowest BCUT2D eigenvalue weighted by Gasteiger charge is -2.06. The molecule has 4 rings (SSSR count). The molecule has 0 saturated heterocycles. The van der Waals surface area contributed by atoms with E-state index < -0.39 is 0 Å². The standard InChI is InChI=1S/C18H19N5O2/c1-5-22-13(12-8-6-11(2)7-9-12)10-23-14-15(19-17(22)23)20(3)18(25)21(4)16(14)24/h6-10H,5H2,1-4H3. The van der Waals surface area contributed by atoms with E-state index in [1.165, 1.54) is 17.2 Å². The molecule has 0 radical (unpaired) electrons. The SMILES string of the molecule is CCn1c(-c2ccc(C)cc2)cn2c3c(=O)n(C)c(=O)n(C)c3nc12. The van der Waals surface area contributed by atoms with Crippen molar-refractivity contribution >= 4 is 16.9 Å². The van der Waals surface area contributed by atoms with Crippen molar-refractivity contribution in [2.75, 3.05) is 0 Å². The topological polar surface area (TPSA) is 66.2 Å². The highest BCUT2D eigenvalue weighted by atomic mass is 16.2. The van der Waals surface area contributed by atoms with E-state index in [1.54, 1.807) is 11.4 Å². The number of rotatable bonds is 2. The first-order valence-electron chi connectivity index (χ1n) is 8.18. The van der Waals surface area contributed by atoms with Gasteiger partial charge in [-0.2, -0.15) is 4.98 Å². The Morgan fingerprint density at radius 1 is 1.04 bits per heavy atom. The summed E-state index contributed by atoms with van der Waals surface area (Å²) in [7, 11) is 3.12. The van der Waals surface area contributed by atoms with Gasteiger partial charge in [0.15, 0.2) is 11.2 Å². The zero-order chi connectivity index (χ0) is 17.9. The van der Waals surface area contributed by atoms with Crippen molar-refractivity contribution in [2.45, 2.75) is 20.4 Å². The van der Waals surface area contributed by atoms with E-state index in [0.29, 0.717) is 23.5 Å². The summed E-state index contributed by atoms with van der Waals surface area (Å²) < 4.78 is 6.37. The van der Waals surface area contributed by atoms with Crippen LogP contribution in [0, 0.1) is 6.92 Å². The first kappa shape index (κ1) is 15.4. The predicted octanol–water partition coefficient (Wildman–Crippen LogP) is 1.68. The van der Waals surface area contributed by atoms with Crippen molar-refractivity contribution in [3.05, 3.63) is 56.9 Å². The molecule has 0 spiro atoms. The number of fused-ring (bicyclic) bond motifs is 3. The Bertz CT molecular complexity index is 1240. The summed E-state index contributed by atoms with van der Waals surface area (Å²) >= 11 is 0. The minimum atomic E-state index is -0.375. The largest absolute Gasteiger partial charge is 0.332 e. The van der Waals surface area contributed by atoms with Crippen LogP contribution >= 0.6 is 0 Å². The average Bonchev–Trinajstić information content (AvgIpc) is 3.14. The first-order valence-corrected chi connectivity index (χ1v) is 8.18. The Labute approximate surface area is 143 Å². The maximum atomic E-state index is 12.6. The van der Waals surface area contributed by atoms with Crippen LogP contribution in [0.5, 0.6) is 0 Å². The fourth-order valence-electron chi connectivity index (χ4n) is 3.28. The number of benzene rings is 1. The molecule has 0 bridgehead atoms. The molecule has 0 aliphatic rings. The smallest absolute Gasteiger partial charge is 0.310 e. The average molecular weight is 337 g/mol. The first-order chi connectivity index (χ1) is 11.9. The molecule has 0 N–H and O–H groups in total. The minimum Gasteiger partial charge on any atom is -0.310 e. The summed E-state index contributed by atoms with van der Waals surface area (Å²) in [5.74, 6) is 0.659. The molecule has 3 heterocycles. The normalized spacial score (nSPS) is 11.7. The molecule has 1 aromatic carbocycles. The van der Waals surface area contributed by atoms with Gasteiger partial charge >= 0.3 is 5.69 Å². The number of imidazole rings is 2. The molecule has 7 nitrogen and oxygen atoms in total. The van der Waals surface area contributed by atoms with Crippen LogP contribution < -0.4 is 11.2 Å². The second kappa shape index (κ2) is 5.20. The second-order valence-corrected chi connectivity index (χ2v) is 6.28. The Morgan fingerprint density at radius 3 is 2.36 bits per heavy atom. The van der Waals surface area contributed by atoms with Gasteiger partial charge in [-0.3, -0.25) is 18.3 Å². The van der Waals surface area contributed by atoms with Crippen LogP contribution in [-0.2, 0) is 20.6 Å². The van der Waals surface area contributed by atoms with Crippen LogP contribution in [0.3, 0.4) is 0 Å². The van der Waals surface area contributed by atoms with Gasteiger partial charge in [0.25, 0.3) is 5.56 Å². The highest BCUT2D eigenvalue weighted by Crippen LogP contribution is 2.25. The van der Waals surface area contributed by atoms with Crippen molar-refractivity contribution < 1.29 is 0 Å². The highest BCUT2D eigenvalue weighted by Gasteiger charge is 2.20. The molecular formula is C18H19N5O2. The zero-order valence-corrected chi connectivity index (χ0v) is 14.6. The third kappa shape index (κ3) is 2.02. The third-order valence-corrected chi connectivity index (χ3v) is 4.72. The van der Waals surface area contributed by atoms with Crippen molar-refractivity contribution in [1.82, 2.24) is 23.1 Å². The monoisotopic (exact) mass is 337 g/mol. The molecule has 7 heteroatoms. The molecule has 0 saturated carbocycles. The van der Waals surface area contributed by atoms with Gasteiger partial charge in [-0.25, -0.2) is 4.79 Å². The van der Waals surface area contributed by atoms with Crippen molar-refractivity contribution in [3.63, 3.8) is 0 Å². The lowest BCUT2D eigenvalue weighted by atomic mass is 10.1. The second-order valence-electron chi connectivity index (χ2n) is 6.28. The fraction of sp³-hybridized carbons (Fsp3) is 0.278. The van der Waals surface area contributed by atoms with Crippen LogP contribution in [0.15, 0.2) is 40.1 Å². The third-order valence-electron chi connectivity index (χ3n) is 4.72. The lowest BCUT2D eigenvalue weighted by Crippen LogP contribution is -2.37. The van der Waals surface area contributed by atoms with Gasteiger partial charge < -0.3 is 4.57 Å². The summed E-state index contributed by atoms with van der Waals surface area (Å²) in [4.78, 5) is 29.4. The summed E-state index contributed by atoms with van der Waals surface area (Å²) in [6.07, 6.45) is 1.92. The molecule has 0 fully saturated rings. The maximum absolute atomic E-state index is 12.6. The summed E-state index contributed by atoms with van der Waals surface area (Å²) in [5.41, 5.74) is 3.35. The van der Waals surface area contributed by atoms with E-state index in [2.05, 4.69) is 33.8 Å². The van der Waals surface area contributed by atoms with Crippen molar-refractivity contribution in [3.8, 4) is 11.3 Å². The Kier molecular flexibility index (Phi) is 3.21. The van der Waals surface area contributed by atoms with Crippen LogP contribution in [-0.4, -0.2) is 23.1 Å². The Balaban J connectivity index is 2.14. The molecule has 0 amide bonds. The Morgan fingerprint density at radius 2 is 1.72 bits per heavy atom. The molecular weight excluding hydrogens is 318 g/mol. The van der Waals surface area contributed by atoms with Crippen LogP contribution in [0.1, 0.15) is 12.5 Å². The van der Waals surface area contributed by atoms with Crippen LogP contribution in [0.2, 0.25) is 0 Å². The highest BCUT2D eigenvalue weighted by molar-refractivity contribution is 5.78. The van der Waals surface area contributed by atoms with Gasteiger partial charge in [-0.1, -0.05) is 29.8 Å². The predicted molar refractivity (Wildman–Crippen MR) is 97.0 cm³/mol. The van der Waals surface area contributed by atoms with Gasteiger partial charge in [0.1, 0.15) is 0 Å². The van der Waals surface area contributed by atoms with Crippen molar-refractivity contribution in [1.29, 1.82) is 0 Å². The quantitative estimate of drug-likeness (QED) is 0.559. The molecule has 4 aromatic rings. The lowest BCUT2D eigenvalue weighted by molar-refractivity contribution is 0.707. The van der Waals surface area contributed by atoms with E-state index in [0.717, 1.165) is 15.8 Å². The molecule has 0 aliphatic heterocycles. The van der Waals surface area contributed by atoms with Gasteiger partial charge in [0.05, 0.1) is 5.69 Å².